The Balaban J connectivity index is 3.05. The summed E-state index contributed by atoms with van der Waals surface area (Å²) in [4.78, 5) is 25.7. The van der Waals surface area contributed by atoms with Crippen LogP contribution >= 0.6 is 0 Å². The largest absolute Gasteiger partial charge is 0.508 e. The van der Waals surface area contributed by atoms with Crippen molar-refractivity contribution in [2.24, 2.45) is 0 Å². The molecule has 0 aliphatic carbocycles. The summed E-state index contributed by atoms with van der Waals surface area (Å²) < 4.78 is 21.7. The fourth-order valence-electron chi connectivity index (χ4n) is 2.51. The van der Waals surface area contributed by atoms with E-state index in [2.05, 4.69) is 33.9 Å². The highest BCUT2D eigenvalue weighted by molar-refractivity contribution is 6.74. The van der Waals surface area contributed by atoms with Gasteiger partial charge in [-0.3, -0.25) is 4.90 Å². The number of carbonyl (C=O) groups is 2. The summed E-state index contributed by atoms with van der Waals surface area (Å²) in [6.45, 7) is 18.1. The molecule has 0 aromatic carbocycles. The van der Waals surface area contributed by atoms with Gasteiger partial charge in [-0.05, 0) is 51.4 Å². The minimum absolute atomic E-state index is 0.0114. The summed E-state index contributed by atoms with van der Waals surface area (Å²) in [5.41, 5.74) is -0.157. The Hall–Kier alpha value is -1.58. The molecule has 9 heteroatoms. The fraction of sp³-hybridized carbons (Fsp3) is 0.810. The van der Waals surface area contributed by atoms with Crippen molar-refractivity contribution in [3.8, 4) is 0 Å². The van der Waals surface area contributed by atoms with Crippen molar-refractivity contribution in [2.75, 3.05) is 26.4 Å². The van der Waals surface area contributed by atoms with E-state index < -0.39 is 38.3 Å². The van der Waals surface area contributed by atoms with Crippen LogP contribution in [0.3, 0.4) is 0 Å². The molecular formula is C21H39NO7Si. The van der Waals surface area contributed by atoms with Gasteiger partial charge in [-0.2, -0.15) is 0 Å². The van der Waals surface area contributed by atoms with Crippen molar-refractivity contribution in [2.45, 2.75) is 84.3 Å². The van der Waals surface area contributed by atoms with Crippen LogP contribution in [0.15, 0.2) is 11.6 Å². The van der Waals surface area contributed by atoms with Crippen molar-refractivity contribution in [3.05, 3.63) is 11.6 Å². The summed E-state index contributed by atoms with van der Waals surface area (Å²) >= 11 is 0. The monoisotopic (exact) mass is 445 g/mol. The molecule has 1 heterocycles. The molecule has 0 radical (unpaired) electrons. The number of aliphatic hydroxyl groups excluding tert-OH is 1. The smallest absolute Gasteiger partial charge is 0.444 e. The number of nitrogens with zero attached hydrogens (tertiary/aromatic N) is 1. The number of ether oxygens (including phenoxy) is 3. The van der Waals surface area contributed by atoms with E-state index >= 15 is 0 Å². The van der Waals surface area contributed by atoms with Gasteiger partial charge in [0.15, 0.2) is 8.32 Å². The highest BCUT2D eigenvalue weighted by atomic mass is 28.4. The maximum absolute atomic E-state index is 12.8. The summed E-state index contributed by atoms with van der Waals surface area (Å²) in [6, 6.07) is -0.446. The number of rotatable bonds is 6. The number of hydrogen-bond donors (Lipinski definition) is 1. The number of β-amino-alcohol motifs (C(OH)–C–C–N with tert-alkyl or cyclic N) is 1. The SMILES string of the molecule is CCOC(=O)OCC1=CC(CO[Si](C)(C)C(C)(C)C)N(C(=O)OC(C)(C)C)CC1O. The summed E-state index contributed by atoms with van der Waals surface area (Å²) in [5, 5.41) is 10.5. The summed E-state index contributed by atoms with van der Waals surface area (Å²) in [6.07, 6.45) is -0.568. The maximum Gasteiger partial charge on any atom is 0.508 e. The quantitative estimate of drug-likeness (QED) is 0.374. The summed E-state index contributed by atoms with van der Waals surface area (Å²) in [5.74, 6) is 0. The second-order valence-electron chi connectivity index (χ2n) is 10.0. The lowest BCUT2D eigenvalue weighted by molar-refractivity contribution is -0.0000250. The van der Waals surface area contributed by atoms with Gasteiger partial charge in [-0.25, -0.2) is 9.59 Å². The molecule has 30 heavy (non-hydrogen) atoms. The molecule has 2 unspecified atom stereocenters. The van der Waals surface area contributed by atoms with E-state index in [-0.39, 0.29) is 31.4 Å². The molecular weight excluding hydrogens is 406 g/mol. The molecule has 1 aliphatic heterocycles. The molecule has 174 valence electrons. The zero-order chi connectivity index (χ0) is 23.3. The molecule has 0 aromatic rings. The molecule has 0 saturated carbocycles. The van der Waals surface area contributed by atoms with E-state index in [0.717, 1.165) is 0 Å². The maximum atomic E-state index is 12.8. The Labute approximate surface area is 181 Å². The summed E-state index contributed by atoms with van der Waals surface area (Å²) in [7, 11) is -2.06. The van der Waals surface area contributed by atoms with Crippen LogP contribution in [0.2, 0.25) is 18.1 Å². The van der Waals surface area contributed by atoms with Crippen LogP contribution in [-0.4, -0.2) is 74.7 Å². The zero-order valence-electron chi connectivity index (χ0n) is 19.9. The van der Waals surface area contributed by atoms with Gasteiger partial charge in [0.1, 0.15) is 12.2 Å². The van der Waals surface area contributed by atoms with Crippen molar-refractivity contribution < 1.29 is 33.3 Å². The van der Waals surface area contributed by atoms with E-state index in [9.17, 15) is 14.7 Å². The molecule has 0 aromatic heterocycles. The van der Waals surface area contributed by atoms with Gasteiger partial charge >= 0.3 is 12.2 Å². The van der Waals surface area contributed by atoms with Crippen molar-refractivity contribution in [1.82, 2.24) is 4.90 Å². The van der Waals surface area contributed by atoms with E-state index in [0.29, 0.717) is 5.57 Å². The Bertz CT molecular complexity index is 634. The van der Waals surface area contributed by atoms with Crippen LogP contribution in [0.5, 0.6) is 0 Å². The van der Waals surface area contributed by atoms with Crippen LogP contribution < -0.4 is 0 Å². The van der Waals surface area contributed by atoms with Gasteiger partial charge in [-0.1, -0.05) is 26.8 Å². The number of hydrogen-bond acceptors (Lipinski definition) is 7. The predicted molar refractivity (Wildman–Crippen MR) is 117 cm³/mol. The Morgan fingerprint density at radius 3 is 2.27 bits per heavy atom. The lowest BCUT2D eigenvalue weighted by atomic mass is 10.0. The fourth-order valence-corrected chi connectivity index (χ4v) is 3.53. The molecule has 1 rings (SSSR count). The van der Waals surface area contributed by atoms with Gasteiger partial charge in [0.2, 0.25) is 0 Å². The van der Waals surface area contributed by atoms with Gasteiger partial charge in [-0.15, -0.1) is 0 Å². The lowest BCUT2D eigenvalue weighted by Crippen LogP contribution is -2.53. The first-order valence-corrected chi connectivity index (χ1v) is 13.3. The van der Waals surface area contributed by atoms with Crippen molar-refractivity contribution in [3.63, 3.8) is 0 Å². The van der Waals surface area contributed by atoms with Gasteiger partial charge in [0.05, 0.1) is 31.9 Å². The number of amides is 1. The second-order valence-corrected chi connectivity index (χ2v) is 14.8. The van der Waals surface area contributed by atoms with Crippen LogP contribution in [-0.2, 0) is 18.6 Å². The molecule has 1 N–H and O–H groups in total. The third kappa shape index (κ3) is 7.92. The van der Waals surface area contributed by atoms with Gasteiger partial charge < -0.3 is 23.7 Å². The highest BCUT2D eigenvalue weighted by Crippen LogP contribution is 2.37. The van der Waals surface area contributed by atoms with Crippen LogP contribution in [0.4, 0.5) is 9.59 Å². The van der Waals surface area contributed by atoms with Crippen LogP contribution in [0.25, 0.3) is 0 Å². The predicted octanol–water partition coefficient (Wildman–Crippen LogP) is 4.09. The minimum atomic E-state index is -2.06. The Morgan fingerprint density at radius 1 is 1.17 bits per heavy atom. The third-order valence-electron chi connectivity index (χ3n) is 5.27. The normalized spacial score (nSPS) is 20.5. The standard InChI is InChI=1S/C21H39NO7Si/c1-10-26-19(25)27-13-15-11-16(14-28-30(8,9)21(5,6)7)22(12-17(15)23)18(24)29-20(2,3)4/h11,16-17,23H,10,12-14H2,1-9H3. The molecule has 0 bridgehead atoms. The van der Waals surface area contributed by atoms with E-state index in [4.69, 9.17) is 18.6 Å². The Morgan fingerprint density at radius 2 is 1.77 bits per heavy atom. The first-order chi connectivity index (χ1) is 13.6. The first-order valence-electron chi connectivity index (χ1n) is 10.4. The van der Waals surface area contributed by atoms with Crippen molar-refractivity contribution in [1.29, 1.82) is 0 Å². The lowest BCUT2D eigenvalue weighted by Gasteiger charge is -2.41. The number of aliphatic hydroxyl groups is 1. The first kappa shape index (κ1) is 26.5. The molecule has 0 saturated heterocycles. The number of carbonyl (C=O) groups excluding carboxylic acids is 2. The second kappa shape index (κ2) is 10.1. The molecule has 1 aliphatic rings. The van der Waals surface area contributed by atoms with Crippen LogP contribution in [0.1, 0.15) is 48.5 Å². The van der Waals surface area contributed by atoms with E-state index in [1.807, 2.05) is 0 Å². The third-order valence-corrected chi connectivity index (χ3v) is 9.77. The topological polar surface area (TPSA) is 94.5 Å². The van der Waals surface area contributed by atoms with Gasteiger partial charge in [0, 0.05) is 0 Å². The molecule has 0 fully saturated rings. The van der Waals surface area contributed by atoms with E-state index in [1.165, 1.54) is 4.90 Å². The van der Waals surface area contributed by atoms with E-state index in [1.54, 1.807) is 33.8 Å². The highest BCUT2D eigenvalue weighted by Gasteiger charge is 2.40. The average molecular weight is 446 g/mol. The minimum Gasteiger partial charge on any atom is -0.444 e. The Kier molecular flexibility index (Phi) is 8.95. The molecule has 2 atom stereocenters. The van der Waals surface area contributed by atoms with Crippen molar-refractivity contribution >= 4 is 20.6 Å². The average Bonchev–Trinajstić information content (AvgIpc) is 2.57. The van der Waals surface area contributed by atoms with Gasteiger partial charge in [0.25, 0.3) is 0 Å². The molecule has 0 spiro atoms. The molecule has 1 amide bonds. The van der Waals surface area contributed by atoms with Crippen LogP contribution in [0, 0.1) is 0 Å². The zero-order valence-corrected chi connectivity index (χ0v) is 20.9. The molecule has 8 nitrogen and oxygen atoms in total.